The SMILES string of the molecule is CCCc1nc2cccc(C(=O)O)c2n1Cc1ccsc1. The number of thiophene rings is 1. The van der Waals surface area contributed by atoms with Gasteiger partial charge in [0.05, 0.1) is 23.1 Å². The molecule has 0 aliphatic carbocycles. The number of rotatable bonds is 5. The molecule has 0 saturated heterocycles. The van der Waals surface area contributed by atoms with Gasteiger partial charge in [-0.15, -0.1) is 0 Å². The summed E-state index contributed by atoms with van der Waals surface area (Å²) in [6.45, 7) is 2.77. The second kappa shape index (κ2) is 5.69. The van der Waals surface area contributed by atoms with Crippen LogP contribution in [0.5, 0.6) is 0 Å². The minimum absolute atomic E-state index is 0.317. The first kappa shape index (κ1) is 13.8. The zero-order valence-electron chi connectivity index (χ0n) is 11.7. The molecule has 0 atom stereocenters. The van der Waals surface area contributed by atoms with Gasteiger partial charge < -0.3 is 9.67 Å². The molecule has 0 bridgehead atoms. The van der Waals surface area contributed by atoms with Crippen molar-refractivity contribution >= 4 is 28.3 Å². The molecule has 2 aromatic heterocycles. The molecule has 0 aliphatic heterocycles. The van der Waals surface area contributed by atoms with Crippen molar-refractivity contribution in [2.45, 2.75) is 26.3 Å². The molecule has 4 nitrogen and oxygen atoms in total. The summed E-state index contributed by atoms with van der Waals surface area (Å²) in [6, 6.07) is 7.34. The van der Waals surface area contributed by atoms with Crippen LogP contribution in [0.4, 0.5) is 0 Å². The third-order valence-electron chi connectivity index (χ3n) is 3.47. The van der Waals surface area contributed by atoms with E-state index in [1.807, 2.05) is 16.0 Å². The highest BCUT2D eigenvalue weighted by atomic mass is 32.1. The van der Waals surface area contributed by atoms with Crippen LogP contribution in [0.15, 0.2) is 35.0 Å². The zero-order chi connectivity index (χ0) is 14.8. The first-order valence-electron chi connectivity index (χ1n) is 6.93. The van der Waals surface area contributed by atoms with Gasteiger partial charge >= 0.3 is 5.97 Å². The van der Waals surface area contributed by atoms with Gasteiger partial charge in [-0.25, -0.2) is 9.78 Å². The van der Waals surface area contributed by atoms with E-state index in [1.54, 1.807) is 23.5 Å². The van der Waals surface area contributed by atoms with Crippen LogP contribution >= 0.6 is 11.3 Å². The van der Waals surface area contributed by atoms with Crippen molar-refractivity contribution in [1.82, 2.24) is 9.55 Å². The molecule has 0 aliphatic rings. The Bertz CT molecular complexity index is 775. The second-order valence-electron chi connectivity index (χ2n) is 4.97. The molecule has 0 fully saturated rings. The van der Waals surface area contributed by atoms with E-state index in [2.05, 4.69) is 23.4 Å². The number of carbonyl (C=O) groups is 1. The number of nitrogens with zero attached hydrogens (tertiary/aromatic N) is 2. The Labute approximate surface area is 126 Å². The number of aromatic carboxylic acids is 1. The predicted octanol–water partition coefficient (Wildman–Crippen LogP) is 3.80. The third-order valence-corrected chi connectivity index (χ3v) is 4.20. The summed E-state index contributed by atoms with van der Waals surface area (Å²) in [5.41, 5.74) is 2.97. The van der Waals surface area contributed by atoms with Crippen LogP contribution in [0, 0.1) is 0 Å². The Hall–Kier alpha value is -2.14. The fourth-order valence-corrected chi connectivity index (χ4v) is 3.22. The highest BCUT2D eigenvalue weighted by molar-refractivity contribution is 7.07. The molecule has 3 rings (SSSR count). The second-order valence-corrected chi connectivity index (χ2v) is 5.75. The van der Waals surface area contributed by atoms with E-state index in [4.69, 9.17) is 0 Å². The maximum Gasteiger partial charge on any atom is 0.337 e. The van der Waals surface area contributed by atoms with E-state index < -0.39 is 5.97 Å². The van der Waals surface area contributed by atoms with Crippen molar-refractivity contribution < 1.29 is 9.90 Å². The van der Waals surface area contributed by atoms with Gasteiger partial charge in [0.15, 0.2) is 0 Å². The predicted molar refractivity (Wildman–Crippen MR) is 84.1 cm³/mol. The van der Waals surface area contributed by atoms with E-state index in [1.165, 1.54) is 5.56 Å². The lowest BCUT2D eigenvalue weighted by Crippen LogP contribution is -2.07. The number of fused-ring (bicyclic) bond motifs is 1. The smallest absolute Gasteiger partial charge is 0.337 e. The maximum atomic E-state index is 11.5. The van der Waals surface area contributed by atoms with E-state index in [0.717, 1.165) is 29.7 Å². The summed E-state index contributed by atoms with van der Waals surface area (Å²) in [5, 5.41) is 13.6. The fourth-order valence-electron chi connectivity index (χ4n) is 2.56. The van der Waals surface area contributed by atoms with Crippen molar-refractivity contribution in [2.24, 2.45) is 0 Å². The first-order chi connectivity index (χ1) is 10.2. The quantitative estimate of drug-likeness (QED) is 0.780. The minimum Gasteiger partial charge on any atom is -0.478 e. The van der Waals surface area contributed by atoms with Crippen molar-refractivity contribution in [3.8, 4) is 0 Å². The monoisotopic (exact) mass is 300 g/mol. The van der Waals surface area contributed by atoms with Gasteiger partial charge in [-0.3, -0.25) is 0 Å². The van der Waals surface area contributed by atoms with Crippen LogP contribution in [0.1, 0.15) is 35.1 Å². The Morgan fingerprint density at radius 3 is 2.90 bits per heavy atom. The summed E-state index contributed by atoms with van der Waals surface area (Å²) >= 11 is 1.65. The number of aryl methyl sites for hydroxylation is 1. The lowest BCUT2D eigenvalue weighted by molar-refractivity contribution is 0.0698. The van der Waals surface area contributed by atoms with E-state index in [0.29, 0.717) is 12.1 Å². The molecule has 3 aromatic rings. The molecule has 108 valence electrons. The average molecular weight is 300 g/mol. The lowest BCUT2D eigenvalue weighted by Gasteiger charge is -2.09. The van der Waals surface area contributed by atoms with Crippen molar-refractivity contribution in [2.75, 3.05) is 0 Å². The van der Waals surface area contributed by atoms with E-state index in [9.17, 15) is 9.90 Å². The first-order valence-corrected chi connectivity index (χ1v) is 7.87. The molecular weight excluding hydrogens is 284 g/mol. The average Bonchev–Trinajstić information content (AvgIpc) is 3.08. The fraction of sp³-hybridized carbons (Fsp3) is 0.250. The Morgan fingerprint density at radius 2 is 2.24 bits per heavy atom. The standard InChI is InChI=1S/C16H16N2O2S/c1-2-4-14-17-13-6-3-5-12(16(19)20)15(13)18(14)9-11-7-8-21-10-11/h3,5-8,10H,2,4,9H2,1H3,(H,19,20). The van der Waals surface area contributed by atoms with Crippen LogP contribution in [0.25, 0.3) is 11.0 Å². The molecule has 1 aromatic carbocycles. The molecule has 0 unspecified atom stereocenters. The van der Waals surface area contributed by atoms with E-state index in [-0.39, 0.29) is 0 Å². The number of hydrogen-bond donors (Lipinski definition) is 1. The summed E-state index contributed by atoms with van der Waals surface area (Å²) < 4.78 is 2.05. The molecule has 2 heterocycles. The summed E-state index contributed by atoms with van der Waals surface area (Å²) in [6.07, 6.45) is 1.83. The van der Waals surface area contributed by atoms with Gasteiger partial charge in [-0.05, 0) is 40.9 Å². The zero-order valence-corrected chi connectivity index (χ0v) is 12.6. The van der Waals surface area contributed by atoms with Crippen LogP contribution in [0.2, 0.25) is 0 Å². The van der Waals surface area contributed by atoms with Crippen molar-refractivity contribution in [3.05, 3.63) is 52.0 Å². The van der Waals surface area contributed by atoms with Gasteiger partial charge in [0.1, 0.15) is 5.82 Å². The number of aromatic nitrogens is 2. The minimum atomic E-state index is -0.907. The van der Waals surface area contributed by atoms with E-state index >= 15 is 0 Å². The van der Waals surface area contributed by atoms with Crippen LogP contribution < -0.4 is 0 Å². The number of para-hydroxylation sites is 1. The number of carboxylic acids is 1. The van der Waals surface area contributed by atoms with Crippen molar-refractivity contribution in [1.29, 1.82) is 0 Å². The van der Waals surface area contributed by atoms with Crippen LogP contribution in [-0.2, 0) is 13.0 Å². The molecule has 0 amide bonds. The van der Waals surface area contributed by atoms with Gasteiger partial charge in [0, 0.05) is 6.42 Å². The Balaban J connectivity index is 2.21. The van der Waals surface area contributed by atoms with Crippen LogP contribution in [0.3, 0.4) is 0 Å². The maximum absolute atomic E-state index is 11.5. The lowest BCUT2D eigenvalue weighted by atomic mass is 10.2. The molecule has 0 spiro atoms. The molecule has 5 heteroatoms. The van der Waals surface area contributed by atoms with Gasteiger partial charge in [-0.2, -0.15) is 11.3 Å². The number of carboxylic acid groups (broad SMARTS) is 1. The Kier molecular flexibility index (Phi) is 3.75. The molecule has 0 radical (unpaired) electrons. The number of benzene rings is 1. The topological polar surface area (TPSA) is 55.1 Å². The summed E-state index contributed by atoms with van der Waals surface area (Å²) in [4.78, 5) is 16.1. The highest BCUT2D eigenvalue weighted by Gasteiger charge is 2.17. The van der Waals surface area contributed by atoms with Gasteiger partial charge in [0.2, 0.25) is 0 Å². The number of hydrogen-bond acceptors (Lipinski definition) is 3. The van der Waals surface area contributed by atoms with Crippen LogP contribution in [-0.4, -0.2) is 20.6 Å². The van der Waals surface area contributed by atoms with Gasteiger partial charge in [0.25, 0.3) is 0 Å². The summed E-state index contributed by atoms with van der Waals surface area (Å²) in [5.74, 6) is 0.0440. The molecule has 21 heavy (non-hydrogen) atoms. The molecule has 1 N–H and O–H groups in total. The normalized spacial score (nSPS) is 11.1. The highest BCUT2D eigenvalue weighted by Crippen LogP contribution is 2.23. The van der Waals surface area contributed by atoms with Gasteiger partial charge in [-0.1, -0.05) is 13.0 Å². The largest absolute Gasteiger partial charge is 0.478 e. The molecule has 0 saturated carbocycles. The summed E-state index contributed by atoms with van der Waals surface area (Å²) in [7, 11) is 0. The van der Waals surface area contributed by atoms with Crippen molar-refractivity contribution in [3.63, 3.8) is 0 Å². The Morgan fingerprint density at radius 1 is 1.38 bits per heavy atom. The molecular formula is C16H16N2O2S. The third kappa shape index (κ3) is 2.56. The number of imidazole rings is 1.